The molecule has 0 radical (unpaired) electrons. The summed E-state index contributed by atoms with van der Waals surface area (Å²) in [4.78, 5) is 13.5. The molecule has 0 unspecified atom stereocenters. The zero-order chi connectivity index (χ0) is 11.3. The lowest BCUT2D eigenvalue weighted by atomic mass is 10.3. The van der Waals surface area contributed by atoms with E-state index in [1.54, 1.807) is 4.90 Å². The second-order valence-electron chi connectivity index (χ2n) is 3.37. The van der Waals surface area contributed by atoms with E-state index in [9.17, 15) is 4.79 Å². The lowest BCUT2D eigenvalue weighted by molar-refractivity contribution is -0.131. The molecule has 1 aromatic heterocycles. The van der Waals surface area contributed by atoms with Gasteiger partial charge in [0.2, 0.25) is 5.91 Å². The second kappa shape index (κ2) is 5.23. The Morgan fingerprint density at radius 2 is 2.33 bits per heavy atom. The molecule has 1 rings (SSSR count). The van der Waals surface area contributed by atoms with Crippen molar-refractivity contribution in [2.24, 2.45) is 0 Å². The number of likely N-dealkylation sites (N-methyl/N-ethyl adjacent to an activating group) is 1. The van der Waals surface area contributed by atoms with Crippen LogP contribution in [0.25, 0.3) is 0 Å². The molecule has 0 fully saturated rings. The van der Waals surface area contributed by atoms with Crippen molar-refractivity contribution < 1.29 is 4.79 Å². The smallest absolute Gasteiger partial charge is 0.244 e. The quantitative estimate of drug-likeness (QED) is 0.645. The Kier molecular flexibility index (Phi) is 3.96. The highest BCUT2D eigenvalue weighted by Crippen LogP contribution is 1.97. The molecule has 82 valence electrons. The number of hydrogen-bond donors (Lipinski definition) is 0. The minimum absolute atomic E-state index is 0.00667. The number of amides is 1. The van der Waals surface area contributed by atoms with Gasteiger partial charge in [-0.25, -0.2) is 4.68 Å². The van der Waals surface area contributed by atoms with E-state index in [1.165, 1.54) is 11.0 Å². The fraction of sp³-hybridized carbons (Fsp3) is 0.556. The van der Waals surface area contributed by atoms with Crippen molar-refractivity contribution in [2.75, 3.05) is 13.1 Å². The predicted molar refractivity (Wildman–Crippen MR) is 54.9 cm³/mol. The van der Waals surface area contributed by atoms with Crippen molar-refractivity contribution in [3.63, 3.8) is 0 Å². The average Bonchev–Trinajstić information content (AvgIpc) is 2.66. The van der Waals surface area contributed by atoms with Gasteiger partial charge in [0.05, 0.1) is 0 Å². The molecule has 0 saturated carbocycles. The van der Waals surface area contributed by atoms with E-state index >= 15 is 0 Å². The lowest BCUT2D eigenvalue weighted by Gasteiger charge is -2.20. The normalized spacial score (nSPS) is 10.0. The number of carbonyl (C=O) groups is 1. The van der Waals surface area contributed by atoms with E-state index < -0.39 is 0 Å². The van der Waals surface area contributed by atoms with E-state index in [2.05, 4.69) is 22.1 Å². The van der Waals surface area contributed by atoms with Crippen LogP contribution in [-0.4, -0.2) is 44.1 Å². The first kappa shape index (κ1) is 11.4. The number of rotatable bonds is 5. The summed E-state index contributed by atoms with van der Waals surface area (Å²) >= 11 is 0. The van der Waals surface area contributed by atoms with Crippen LogP contribution in [-0.2, 0) is 11.3 Å². The van der Waals surface area contributed by atoms with Gasteiger partial charge < -0.3 is 4.90 Å². The van der Waals surface area contributed by atoms with Crippen molar-refractivity contribution in [2.45, 2.75) is 20.4 Å². The van der Waals surface area contributed by atoms with E-state index in [0.717, 1.165) is 5.57 Å². The van der Waals surface area contributed by atoms with Crippen LogP contribution in [0.2, 0.25) is 0 Å². The predicted octanol–water partition coefficient (Wildman–Crippen LogP) is 0.0977. The number of hydrogen-bond acceptors (Lipinski definition) is 4. The topological polar surface area (TPSA) is 63.9 Å². The van der Waals surface area contributed by atoms with Crippen LogP contribution >= 0.6 is 0 Å². The Morgan fingerprint density at radius 3 is 2.80 bits per heavy atom. The van der Waals surface area contributed by atoms with Gasteiger partial charge in [0.25, 0.3) is 0 Å². The summed E-state index contributed by atoms with van der Waals surface area (Å²) < 4.78 is 1.41. The molecule has 1 heterocycles. The number of tetrazole rings is 1. The van der Waals surface area contributed by atoms with E-state index in [4.69, 9.17) is 0 Å². The van der Waals surface area contributed by atoms with Crippen molar-refractivity contribution in [3.05, 3.63) is 18.5 Å². The molecule has 1 aromatic rings. The molecule has 0 spiro atoms. The van der Waals surface area contributed by atoms with Crippen LogP contribution in [0.4, 0.5) is 0 Å². The zero-order valence-electron chi connectivity index (χ0n) is 9.05. The Labute approximate surface area is 88.6 Å². The molecule has 0 aliphatic rings. The van der Waals surface area contributed by atoms with Gasteiger partial charge in [-0.3, -0.25) is 4.79 Å². The highest BCUT2D eigenvalue weighted by molar-refractivity contribution is 5.76. The molecule has 1 amide bonds. The van der Waals surface area contributed by atoms with Crippen LogP contribution < -0.4 is 0 Å². The molecule has 0 aromatic carbocycles. The van der Waals surface area contributed by atoms with Crippen molar-refractivity contribution in [1.82, 2.24) is 25.1 Å². The second-order valence-corrected chi connectivity index (χ2v) is 3.37. The van der Waals surface area contributed by atoms with Gasteiger partial charge >= 0.3 is 0 Å². The van der Waals surface area contributed by atoms with Crippen LogP contribution in [0.1, 0.15) is 13.8 Å². The SMILES string of the molecule is C=C(C)CN(CC)C(=O)Cn1cnnn1. The van der Waals surface area contributed by atoms with E-state index in [0.29, 0.717) is 13.1 Å². The fourth-order valence-electron chi connectivity index (χ4n) is 1.19. The van der Waals surface area contributed by atoms with Crippen molar-refractivity contribution >= 4 is 5.91 Å². The number of carbonyl (C=O) groups excluding carboxylic acids is 1. The van der Waals surface area contributed by atoms with Crippen LogP contribution in [0.3, 0.4) is 0 Å². The van der Waals surface area contributed by atoms with Crippen LogP contribution in [0, 0.1) is 0 Å². The monoisotopic (exact) mass is 209 g/mol. The van der Waals surface area contributed by atoms with Crippen LogP contribution in [0.15, 0.2) is 18.5 Å². The first-order valence-corrected chi connectivity index (χ1v) is 4.76. The van der Waals surface area contributed by atoms with Gasteiger partial charge in [0.1, 0.15) is 12.9 Å². The number of aromatic nitrogens is 4. The molecule has 6 nitrogen and oxygen atoms in total. The third-order valence-corrected chi connectivity index (χ3v) is 1.88. The Morgan fingerprint density at radius 1 is 1.60 bits per heavy atom. The third kappa shape index (κ3) is 3.49. The van der Waals surface area contributed by atoms with Gasteiger partial charge in [-0.2, -0.15) is 0 Å². The summed E-state index contributed by atoms with van der Waals surface area (Å²) in [5.41, 5.74) is 0.960. The molecule has 0 atom stereocenters. The lowest BCUT2D eigenvalue weighted by Crippen LogP contribution is -2.35. The first-order valence-electron chi connectivity index (χ1n) is 4.76. The van der Waals surface area contributed by atoms with E-state index in [-0.39, 0.29) is 12.5 Å². The molecule has 0 aliphatic heterocycles. The molecule has 0 aliphatic carbocycles. The molecule has 0 N–H and O–H groups in total. The van der Waals surface area contributed by atoms with E-state index in [1.807, 2.05) is 13.8 Å². The van der Waals surface area contributed by atoms with Crippen LogP contribution in [0.5, 0.6) is 0 Å². The Bertz CT molecular complexity index is 332. The molecule has 6 heteroatoms. The maximum Gasteiger partial charge on any atom is 0.244 e. The maximum atomic E-state index is 11.7. The Hall–Kier alpha value is -1.72. The highest BCUT2D eigenvalue weighted by atomic mass is 16.2. The first-order chi connectivity index (χ1) is 7.13. The molecular formula is C9H15N5O. The minimum atomic E-state index is -0.00667. The third-order valence-electron chi connectivity index (χ3n) is 1.88. The number of nitrogens with zero attached hydrogens (tertiary/aromatic N) is 5. The fourth-order valence-corrected chi connectivity index (χ4v) is 1.19. The highest BCUT2D eigenvalue weighted by Gasteiger charge is 2.12. The average molecular weight is 209 g/mol. The molecular weight excluding hydrogens is 194 g/mol. The summed E-state index contributed by atoms with van der Waals surface area (Å²) in [5.74, 6) is -0.00667. The van der Waals surface area contributed by atoms with Gasteiger partial charge in [-0.1, -0.05) is 12.2 Å². The zero-order valence-corrected chi connectivity index (χ0v) is 9.05. The van der Waals surface area contributed by atoms with Gasteiger partial charge in [-0.05, 0) is 24.3 Å². The maximum absolute atomic E-state index is 11.7. The van der Waals surface area contributed by atoms with Gasteiger partial charge in [0.15, 0.2) is 0 Å². The van der Waals surface area contributed by atoms with Crippen molar-refractivity contribution in [3.8, 4) is 0 Å². The minimum Gasteiger partial charge on any atom is -0.337 e. The molecule has 0 saturated heterocycles. The summed E-state index contributed by atoms with van der Waals surface area (Å²) in [6, 6.07) is 0. The summed E-state index contributed by atoms with van der Waals surface area (Å²) in [7, 11) is 0. The molecule has 0 bridgehead atoms. The molecule has 15 heavy (non-hydrogen) atoms. The summed E-state index contributed by atoms with van der Waals surface area (Å²) in [6.07, 6.45) is 1.42. The largest absolute Gasteiger partial charge is 0.337 e. The van der Waals surface area contributed by atoms with Gasteiger partial charge in [-0.15, -0.1) is 5.10 Å². The van der Waals surface area contributed by atoms with Crippen molar-refractivity contribution in [1.29, 1.82) is 0 Å². The standard InChI is InChI=1S/C9H15N5O/c1-4-13(5-8(2)3)9(15)6-14-7-10-11-12-14/h7H,2,4-6H2,1,3H3. The Balaban J connectivity index is 2.54. The summed E-state index contributed by atoms with van der Waals surface area (Å²) in [6.45, 7) is 9.02. The van der Waals surface area contributed by atoms with Gasteiger partial charge in [0, 0.05) is 13.1 Å². The summed E-state index contributed by atoms with van der Waals surface area (Å²) in [5, 5.41) is 10.6.